The molecule has 21 heavy (non-hydrogen) atoms. The first-order valence-electron chi connectivity index (χ1n) is 7.46. The molecule has 1 unspecified atom stereocenters. The van der Waals surface area contributed by atoms with Gasteiger partial charge in [-0.25, -0.2) is 4.98 Å². The lowest BCUT2D eigenvalue weighted by atomic mass is 10.0. The fourth-order valence-corrected chi connectivity index (χ4v) is 3.57. The van der Waals surface area contributed by atoms with E-state index in [-0.39, 0.29) is 6.04 Å². The number of aromatic nitrogens is 1. The highest BCUT2D eigenvalue weighted by molar-refractivity contribution is 7.09. The number of thiazole rings is 1. The fourth-order valence-electron chi connectivity index (χ4n) is 2.69. The summed E-state index contributed by atoms with van der Waals surface area (Å²) in [7, 11) is 0. The molecule has 0 spiro atoms. The zero-order chi connectivity index (χ0) is 14.2. The second-order valence-electron chi connectivity index (χ2n) is 5.81. The second-order valence-corrected chi connectivity index (χ2v) is 6.70. The molecule has 3 aromatic rings. The van der Waals surface area contributed by atoms with Gasteiger partial charge < -0.3 is 5.32 Å². The van der Waals surface area contributed by atoms with Crippen LogP contribution in [0.4, 0.5) is 0 Å². The molecule has 2 nitrogen and oxygen atoms in total. The van der Waals surface area contributed by atoms with Gasteiger partial charge in [-0.15, -0.1) is 11.3 Å². The number of benzene rings is 2. The number of hydrogen-bond acceptors (Lipinski definition) is 3. The SMILES string of the molecule is Cc1csc(C(NC2CC2)c2ccc3ccccc3c2)n1. The van der Waals surface area contributed by atoms with Crippen molar-refractivity contribution in [3.8, 4) is 0 Å². The van der Waals surface area contributed by atoms with Crippen molar-refractivity contribution < 1.29 is 0 Å². The fraction of sp³-hybridized carbons (Fsp3) is 0.278. The van der Waals surface area contributed by atoms with Gasteiger partial charge >= 0.3 is 0 Å². The third kappa shape index (κ3) is 2.71. The summed E-state index contributed by atoms with van der Waals surface area (Å²) < 4.78 is 0. The van der Waals surface area contributed by atoms with E-state index in [1.807, 2.05) is 0 Å². The summed E-state index contributed by atoms with van der Waals surface area (Å²) in [5, 5.41) is 9.65. The Bertz CT molecular complexity index is 773. The number of aryl methyl sites for hydroxylation is 1. The van der Waals surface area contributed by atoms with Crippen LogP contribution in [-0.2, 0) is 0 Å². The summed E-state index contributed by atoms with van der Waals surface area (Å²) in [6.45, 7) is 2.06. The average Bonchev–Trinajstić information content (AvgIpc) is 3.24. The lowest BCUT2D eigenvalue weighted by molar-refractivity contribution is 0.598. The van der Waals surface area contributed by atoms with Crippen LogP contribution in [0.3, 0.4) is 0 Å². The molecule has 1 N–H and O–H groups in total. The van der Waals surface area contributed by atoms with Crippen LogP contribution in [0.2, 0.25) is 0 Å². The largest absolute Gasteiger partial charge is 0.301 e. The summed E-state index contributed by atoms with van der Waals surface area (Å²) >= 11 is 1.75. The van der Waals surface area contributed by atoms with Gasteiger partial charge in [-0.3, -0.25) is 0 Å². The topological polar surface area (TPSA) is 24.9 Å². The van der Waals surface area contributed by atoms with Crippen LogP contribution in [0.5, 0.6) is 0 Å². The third-order valence-electron chi connectivity index (χ3n) is 3.97. The molecular formula is C18H18N2S. The first kappa shape index (κ1) is 13.0. The van der Waals surface area contributed by atoms with E-state index < -0.39 is 0 Å². The van der Waals surface area contributed by atoms with Gasteiger partial charge in [0.25, 0.3) is 0 Å². The summed E-state index contributed by atoms with van der Waals surface area (Å²) in [6.07, 6.45) is 2.57. The summed E-state index contributed by atoms with van der Waals surface area (Å²) in [4.78, 5) is 4.70. The van der Waals surface area contributed by atoms with Crippen molar-refractivity contribution in [2.45, 2.75) is 31.8 Å². The number of rotatable bonds is 4. The smallest absolute Gasteiger partial charge is 0.114 e. The van der Waals surface area contributed by atoms with E-state index in [0.29, 0.717) is 6.04 Å². The quantitative estimate of drug-likeness (QED) is 0.769. The minimum Gasteiger partial charge on any atom is -0.301 e. The van der Waals surface area contributed by atoms with Crippen LogP contribution in [0, 0.1) is 6.92 Å². The van der Waals surface area contributed by atoms with Gasteiger partial charge in [0.05, 0.1) is 6.04 Å². The summed E-state index contributed by atoms with van der Waals surface area (Å²) in [6, 6.07) is 16.2. The Labute approximate surface area is 128 Å². The molecule has 0 saturated heterocycles. The van der Waals surface area contributed by atoms with Crippen molar-refractivity contribution in [2.75, 3.05) is 0 Å². The van der Waals surface area contributed by atoms with Crippen molar-refractivity contribution in [1.29, 1.82) is 0 Å². The Kier molecular flexibility index (Phi) is 3.24. The van der Waals surface area contributed by atoms with Gasteiger partial charge in [-0.1, -0.05) is 36.4 Å². The van der Waals surface area contributed by atoms with Gasteiger partial charge in [0.15, 0.2) is 0 Å². The number of nitrogens with one attached hydrogen (secondary N) is 1. The van der Waals surface area contributed by atoms with Crippen LogP contribution < -0.4 is 5.32 Å². The molecule has 0 amide bonds. The van der Waals surface area contributed by atoms with Crippen molar-refractivity contribution >= 4 is 22.1 Å². The van der Waals surface area contributed by atoms with Gasteiger partial charge in [0.2, 0.25) is 0 Å². The van der Waals surface area contributed by atoms with E-state index in [2.05, 4.69) is 60.1 Å². The minimum atomic E-state index is 0.223. The first-order chi connectivity index (χ1) is 10.3. The van der Waals surface area contributed by atoms with E-state index in [9.17, 15) is 0 Å². The normalized spacial score (nSPS) is 16.2. The second kappa shape index (κ2) is 5.24. The van der Waals surface area contributed by atoms with Crippen LogP contribution in [0.15, 0.2) is 47.8 Å². The van der Waals surface area contributed by atoms with E-state index in [1.165, 1.54) is 34.2 Å². The van der Waals surface area contributed by atoms with Crippen LogP contribution >= 0.6 is 11.3 Å². The molecule has 1 fully saturated rings. The minimum absolute atomic E-state index is 0.223. The Hall–Kier alpha value is -1.71. The van der Waals surface area contributed by atoms with Crippen LogP contribution in [0.25, 0.3) is 10.8 Å². The van der Waals surface area contributed by atoms with Crippen molar-refractivity contribution in [2.24, 2.45) is 0 Å². The molecule has 0 bridgehead atoms. The predicted octanol–water partition coefficient (Wildman–Crippen LogP) is 4.45. The summed E-state index contributed by atoms with van der Waals surface area (Å²) in [5.74, 6) is 0. The van der Waals surface area contributed by atoms with E-state index in [0.717, 1.165) is 5.69 Å². The van der Waals surface area contributed by atoms with Gasteiger partial charge in [-0.05, 0) is 42.2 Å². The molecular weight excluding hydrogens is 276 g/mol. The molecule has 0 radical (unpaired) electrons. The Morgan fingerprint density at radius 2 is 1.95 bits per heavy atom. The molecule has 106 valence electrons. The third-order valence-corrected chi connectivity index (χ3v) is 5.00. The van der Waals surface area contributed by atoms with Crippen LogP contribution in [-0.4, -0.2) is 11.0 Å². The molecule has 1 heterocycles. The molecule has 0 aliphatic heterocycles. The van der Waals surface area contributed by atoms with E-state index >= 15 is 0 Å². The molecule has 1 atom stereocenters. The standard InChI is InChI=1S/C18H18N2S/c1-12-11-21-18(19-12)17(20-16-8-9-16)15-7-6-13-4-2-3-5-14(13)10-15/h2-7,10-11,16-17,20H,8-9H2,1H3. The van der Waals surface area contributed by atoms with Crippen molar-refractivity contribution in [1.82, 2.24) is 10.3 Å². The summed E-state index contributed by atoms with van der Waals surface area (Å²) in [5.41, 5.74) is 2.42. The maximum absolute atomic E-state index is 4.70. The maximum Gasteiger partial charge on any atom is 0.114 e. The molecule has 3 heteroatoms. The zero-order valence-corrected chi connectivity index (χ0v) is 12.9. The van der Waals surface area contributed by atoms with Crippen molar-refractivity contribution in [3.63, 3.8) is 0 Å². The highest BCUT2D eigenvalue weighted by atomic mass is 32.1. The number of nitrogens with zero attached hydrogens (tertiary/aromatic N) is 1. The Morgan fingerprint density at radius 1 is 1.14 bits per heavy atom. The Balaban J connectivity index is 1.76. The number of fused-ring (bicyclic) bond motifs is 1. The zero-order valence-electron chi connectivity index (χ0n) is 12.0. The van der Waals surface area contributed by atoms with Gasteiger partial charge in [-0.2, -0.15) is 0 Å². The lowest BCUT2D eigenvalue weighted by Crippen LogP contribution is -2.24. The van der Waals surface area contributed by atoms with Crippen LogP contribution in [0.1, 0.15) is 35.1 Å². The average molecular weight is 294 g/mol. The monoisotopic (exact) mass is 294 g/mol. The molecule has 4 rings (SSSR count). The van der Waals surface area contributed by atoms with Gasteiger partial charge in [0, 0.05) is 17.1 Å². The molecule has 1 saturated carbocycles. The molecule has 1 aliphatic carbocycles. The highest BCUT2D eigenvalue weighted by Crippen LogP contribution is 2.31. The lowest BCUT2D eigenvalue weighted by Gasteiger charge is -2.17. The predicted molar refractivity (Wildman–Crippen MR) is 88.8 cm³/mol. The number of hydrogen-bond donors (Lipinski definition) is 1. The molecule has 1 aliphatic rings. The Morgan fingerprint density at radius 3 is 2.67 bits per heavy atom. The van der Waals surface area contributed by atoms with E-state index in [1.54, 1.807) is 11.3 Å². The maximum atomic E-state index is 4.70. The van der Waals surface area contributed by atoms with Crippen molar-refractivity contribution in [3.05, 3.63) is 64.1 Å². The first-order valence-corrected chi connectivity index (χ1v) is 8.34. The highest BCUT2D eigenvalue weighted by Gasteiger charge is 2.27. The van der Waals surface area contributed by atoms with Gasteiger partial charge in [0.1, 0.15) is 5.01 Å². The van der Waals surface area contributed by atoms with E-state index in [4.69, 9.17) is 4.98 Å². The molecule has 2 aromatic carbocycles. The molecule has 1 aromatic heterocycles.